The molecule has 0 bridgehead atoms. The first-order valence-corrected chi connectivity index (χ1v) is 11.8. The SMILES string of the molecule is O=C(NCCC(O)CCN1CCCC1)Nc1snc(OCc2cc(F)c(Cl)cc2F)c1C(=O)O. The fourth-order valence-corrected chi connectivity index (χ4v) is 4.32. The molecule has 4 N–H and O–H groups in total. The van der Waals surface area contributed by atoms with Crippen molar-refractivity contribution in [2.45, 2.75) is 38.4 Å². The van der Waals surface area contributed by atoms with Crippen molar-refractivity contribution in [2.75, 3.05) is 31.5 Å². The maximum atomic E-state index is 13.9. The van der Waals surface area contributed by atoms with Crippen molar-refractivity contribution in [3.8, 4) is 5.88 Å². The lowest BCUT2D eigenvalue weighted by molar-refractivity contribution is 0.0693. The zero-order chi connectivity index (χ0) is 24.7. The van der Waals surface area contributed by atoms with Gasteiger partial charge in [-0.1, -0.05) is 11.6 Å². The van der Waals surface area contributed by atoms with E-state index in [0.717, 1.165) is 31.8 Å². The number of aliphatic hydroxyl groups is 1. The molecule has 1 unspecified atom stereocenters. The number of halogens is 3. The molecule has 9 nitrogen and oxygen atoms in total. The van der Waals surface area contributed by atoms with Gasteiger partial charge in [-0.25, -0.2) is 18.4 Å². The highest BCUT2D eigenvalue weighted by atomic mass is 35.5. The van der Waals surface area contributed by atoms with Crippen molar-refractivity contribution in [1.82, 2.24) is 14.6 Å². The lowest BCUT2D eigenvalue weighted by atomic mass is 10.2. The van der Waals surface area contributed by atoms with Gasteiger partial charge in [0.05, 0.1) is 11.1 Å². The highest BCUT2D eigenvalue weighted by Crippen LogP contribution is 2.31. The lowest BCUT2D eigenvalue weighted by Gasteiger charge is -2.17. The molecule has 0 spiro atoms. The zero-order valence-corrected chi connectivity index (χ0v) is 19.7. The Hall–Kier alpha value is -2.54. The second kappa shape index (κ2) is 12.2. The van der Waals surface area contributed by atoms with Crippen LogP contribution in [0.4, 0.5) is 18.6 Å². The molecule has 1 aliphatic rings. The predicted octanol–water partition coefficient (Wildman–Crippen LogP) is 3.71. The van der Waals surface area contributed by atoms with Gasteiger partial charge in [0.1, 0.15) is 23.2 Å². The number of carboxylic acid groups (broad SMARTS) is 1. The molecule has 1 aromatic heterocycles. The molecular formula is C21H25ClF2N4O5S. The van der Waals surface area contributed by atoms with E-state index in [1.165, 1.54) is 12.8 Å². The van der Waals surface area contributed by atoms with Gasteiger partial charge in [0.2, 0.25) is 5.88 Å². The number of benzene rings is 1. The van der Waals surface area contributed by atoms with Crippen LogP contribution < -0.4 is 15.4 Å². The standard InChI is InChI=1S/C21H25ClF2N4O5S/c22-14-10-15(23)12(9-16(14)24)11-33-18-17(20(30)31)19(34-27-18)26-21(32)25-5-3-13(29)4-8-28-6-1-2-7-28/h9-10,13,29H,1-8,11H2,(H,30,31)(H2,25,26,32). The van der Waals surface area contributed by atoms with E-state index in [1.54, 1.807) is 0 Å². The quantitative estimate of drug-likeness (QED) is 0.334. The Morgan fingerprint density at radius 3 is 2.68 bits per heavy atom. The van der Waals surface area contributed by atoms with E-state index in [9.17, 15) is 28.6 Å². The number of nitrogens with one attached hydrogen (secondary N) is 2. The van der Waals surface area contributed by atoms with E-state index in [0.29, 0.717) is 24.4 Å². The van der Waals surface area contributed by atoms with E-state index < -0.39 is 46.9 Å². The average Bonchev–Trinajstić information content (AvgIpc) is 3.44. The number of carboxylic acids is 1. The Balaban J connectivity index is 1.50. The lowest BCUT2D eigenvalue weighted by Crippen LogP contribution is -2.32. The molecular weight excluding hydrogens is 494 g/mol. The fourth-order valence-electron chi connectivity index (χ4n) is 3.45. The zero-order valence-electron chi connectivity index (χ0n) is 18.2. The van der Waals surface area contributed by atoms with E-state index in [2.05, 4.69) is 19.9 Å². The number of aliphatic hydroxyl groups excluding tert-OH is 1. The van der Waals surface area contributed by atoms with Gasteiger partial charge in [0.25, 0.3) is 0 Å². The van der Waals surface area contributed by atoms with Gasteiger partial charge >= 0.3 is 12.0 Å². The fraction of sp³-hybridized carbons (Fsp3) is 0.476. The summed E-state index contributed by atoms with van der Waals surface area (Å²) in [5.74, 6) is -3.43. The largest absolute Gasteiger partial charge is 0.477 e. The van der Waals surface area contributed by atoms with Gasteiger partial charge in [-0.05, 0) is 62.4 Å². The number of aromatic nitrogens is 1. The van der Waals surface area contributed by atoms with E-state index in [1.807, 2.05) is 0 Å². The number of ether oxygens (including phenoxy) is 1. The Kier molecular flexibility index (Phi) is 9.39. The first-order chi connectivity index (χ1) is 16.2. The summed E-state index contributed by atoms with van der Waals surface area (Å²) in [5, 5.41) is 24.1. The molecule has 1 aliphatic heterocycles. The van der Waals surface area contributed by atoms with Crippen LogP contribution in [0.2, 0.25) is 5.02 Å². The highest BCUT2D eigenvalue weighted by molar-refractivity contribution is 7.11. The highest BCUT2D eigenvalue weighted by Gasteiger charge is 2.24. The number of carbonyl (C=O) groups excluding carboxylic acids is 1. The summed E-state index contributed by atoms with van der Waals surface area (Å²) < 4.78 is 36.6. The average molecular weight is 519 g/mol. The smallest absolute Gasteiger partial charge is 0.344 e. The van der Waals surface area contributed by atoms with Crippen LogP contribution in [0.1, 0.15) is 41.6 Å². The van der Waals surface area contributed by atoms with Crippen LogP contribution >= 0.6 is 23.1 Å². The minimum absolute atomic E-state index is 0.0858. The Morgan fingerprint density at radius 2 is 1.97 bits per heavy atom. The van der Waals surface area contributed by atoms with E-state index in [4.69, 9.17) is 16.3 Å². The number of anilines is 1. The summed E-state index contributed by atoms with van der Waals surface area (Å²) in [6.45, 7) is 2.60. The summed E-state index contributed by atoms with van der Waals surface area (Å²) in [7, 11) is 0. The molecule has 1 aromatic carbocycles. The first-order valence-electron chi connectivity index (χ1n) is 10.7. The first kappa shape index (κ1) is 26.1. The van der Waals surface area contributed by atoms with E-state index in [-0.39, 0.29) is 23.0 Å². The van der Waals surface area contributed by atoms with Gasteiger partial charge in [0.15, 0.2) is 5.56 Å². The third kappa shape index (κ3) is 7.23. The number of nitrogens with zero attached hydrogens (tertiary/aromatic N) is 2. The van der Waals surface area contributed by atoms with Crippen LogP contribution in [-0.4, -0.2) is 63.8 Å². The van der Waals surface area contributed by atoms with Crippen molar-refractivity contribution < 1.29 is 33.3 Å². The molecule has 3 rings (SSSR count). The summed E-state index contributed by atoms with van der Waals surface area (Å²) in [6.07, 6.45) is 2.76. The number of hydrogen-bond acceptors (Lipinski definition) is 7. The normalized spacial score (nSPS) is 14.7. The van der Waals surface area contributed by atoms with Gasteiger partial charge in [-0.2, -0.15) is 4.37 Å². The van der Waals surface area contributed by atoms with Crippen LogP contribution in [0.5, 0.6) is 5.88 Å². The van der Waals surface area contributed by atoms with Crippen molar-refractivity contribution in [3.05, 3.63) is 39.9 Å². The molecule has 2 amide bonds. The Morgan fingerprint density at radius 1 is 1.24 bits per heavy atom. The van der Waals surface area contributed by atoms with Gasteiger partial charge in [-0.3, -0.25) is 5.32 Å². The molecule has 186 valence electrons. The molecule has 2 aromatic rings. The van der Waals surface area contributed by atoms with Gasteiger partial charge in [0, 0.05) is 18.7 Å². The van der Waals surface area contributed by atoms with Gasteiger partial charge < -0.3 is 25.2 Å². The number of urea groups is 1. The molecule has 0 aliphatic carbocycles. The summed E-state index contributed by atoms with van der Waals surface area (Å²) in [4.78, 5) is 26.1. The summed E-state index contributed by atoms with van der Waals surface area (Å²) in [5.41, 5.74) is -0.595. The number of hydrogen-bond donors (Lipinski definition) is 4. The minimum Gasteiger partial charge on any atom is -0.477 e. The van der Waals surface area contributed by atoms with Crippen molar-refractivity contribution in [2.24, 2.45) is 0 Å². The molecule has 2 heterocycles. The second-order valence-corrected chi connectivity index (χ2v) is 8.98. The maximum Gasteiger partial charge on any atom is 0.344 e. The molecule has 0 radical (unpaired) electrons. The number of likely N-dealkylation sites (tertiary alicyclic amines) is 1. The molecule has 0 saturated carbocycles. The third-order valence-electron chi connectivity index (χ3n) is 5.30. The van der Waals surface area contributed by atoms with Crippen LogP contribution in [0, 0.1) is 11.6 Å². The summed E-state index contributed by atoms with van der Waals surface area (Å²) in [6, 6.07) is 0.960. The molecule has 1 fully saturated rings. The van der Waals surface area contributed by atoms with E-state index >= 15 is 0 Å². The molecule has 34 heavy (non-hydrogen) atoms. The third-order valence-corrected chi connectivity index (χ3v) is 6.33. The molecule has 1 saturated heterocycles. The summed E-state index contributed by atoms with van der Waals surface area (Å²) >= 11 is 6.18. The Bertz CT molecular complexity index is 1020. The second-order valence-electron chi connectivity index (χ2n) is 7.80. The number of carbonyl (C=O) groups is 2. The van der Waals surface area contributed by atoms with Crippen LogP contribution in [0.3, 0.4) is 0 Å². The number of amides is 2. The van der Waals surface area contributed by atoms with Crippen LogP contribution in [-0.2, 0) is 6.61 Å². The predicted molar refractivity (Wildman–Crippen MR) is 123 cm³/mol. The van der Waals surface area contributed by atoms with Crippen LogP contribution in [0.25, 0.3) is 0 Å². The number of aromatic carboxylic acids is 1. The van der Waals surface area contributed by atoms with Crippen LogP contribution in [0.15, 0.2) is 12.1 Å². The number of rotatable bonds is 11. The van der Waals surface area contributed by atoms with Crippen molar-refractivity contribution in [1.29, 1.82) is 0 Å². The van der Waals surface area contributed by atoms with Gasteiger partial charge in [-0.15, -0.1) is 0 Å². The van der Waals surface area contributed by atoms with Crippen molar-refractivity contribution >= 4 is 40.1 Å². The Labute approximate surface area is 203 Å². The molecule has 1 atom stereocenters. The van der Waals surface area contributed by atoms with Crippen molar-refractivity contribution in [3.63, 3.8) is 0 Å². The topological polar surface area (TPSA) is 124 Å². The maximum absolute atomic E-state index is 13.9. The monoisotopic (exact) mass is 518 g/mol. The minimum atomic E-state index is -1.42. The molecule has 13 heteroatoms.